The minimum absolute atomic E-state index is 0.0757. The molecule has 0 aliphatic rings. The van der Waals surface area contributed by atoms with Crippen LogP contribution in [0, 0.1) is 20.8 Å². The van der Waals surface area contributed by atoms with Crippen LogP contribution in [0.1, 0.15) is 16.7 Å². The summed E-state index contributed by atoms with van der Waals surface area (Å²) >= 11 is 0. The topological polar surface area (TPSA) is 43.4 Å². The van der Waals surface area contributed by atoms with E-state index in [0.717, 1.165) is 0 Å². The zero-order valence-corrected chi connectivity index (χ0v) is 22.0. The Bertz CT molecular complexity index is 1400. The highest BCUT2D eigenvalue weighted by Crippen LogP contribution is 2.72. The van der Waals surface area contributed by atoms with E-state index in [0.29, 0.717) is 16.7 Å². The number of hydrogen-bond donors (Lipinski definition) is 0. The molecule has 3 aromatic carbocycles. The van der Waals surface area contributed by atoms with Crippen molar-refractivity contribution in [2.75, 3.05) is 0 Å². The van der Waals surface area contributed by atoms with Crippen LogP contribution in [0.4, 0.5) is 39.5 Å². The van der Waals surface area contributed by atoms with Crippen LogP contribution in [0.2, 0.25) is 0 Å². The Morgan fingerprint density at radius 1 is 0.590 bits per heavy atom. The van der Waals surface area contributed by atoms with Gasteiger partial charge < -0.3 is 0 Å². The molecule has 14 heteroatoms. The number of rotatable bonds is 8. The molecular formula is C25H21F9O3S2. The third-order valence-electron chi connectivity index (χ3n) is 6.09. The number of benzene rings is 3. The normalized spacial score (nSPS) is 14.4. The van der Waals surface area contributed by atoms with Gasteiger partial charge in [0, 0.05) is 14.7 Å². The summed E-state index contributed by atoms with van der Waals surface area (Å²) in [6.07, 6.45) is -7.21. The van der Waals surface area contributed by atoms with Gasteiger partial charge in [-0.2, -0.15) is 47.9 Å². The maximum Gasteiger partial charge on any atom is 0.460 e. The van der Waals surface area contributed by atoms with Crippen molar-refractivity contribution < 1.29 is 51.6 Å². The predicted molar refractivity (Wildman–Crippen MR) is 127 cm³/mol. The van der Waals surface area contributed by atoms with Crippen molar-refractivity contribution in [2.45, 2.75) is 58.7 Å². The second-order valence-electron chi connectivity index (χ2n) is 8.50. The van der Waals surface area contributed by atoms with Crippen molar-refractivity contribution >= 4 is 20.4 Å². The molecule has 0 bridgehead atoms. The maximum atomic E-state index is 14.9. The quantitative estimate of drug-likeness (QED) is 0.242. The van der Waals surface area contributed by atoms with Crippen molar-refractivity contribution in [3.8, 4) is 0 Å². The molecule has 0 radical (unpaired) electrons. The fourth-order valence-corrected chi connectivity index (χ4v) is 9.15. The summed E-state index contributed by atoms with van der Waals surface area (Å²) in [5, 5.41) is -7.02. The van der Waals surface area contributed by atoms with Crippen LogP contribution in [0.25, 0.3) is 0 Å². The van der Waals surface area contributed by atoms with E-state index >= 15 is 0 Å². The lowest BCUT2D eigenvalue weighted by Crippen LogP contribution is -2.63. The Morgan fingerprint density at radius 3 is 1.44 bits per heavy atom. The summed E-state index contributed by atoms with van der Waals surface area (Å²) in [6, 6.07) is 16.1. The smallest absolute Gasteiger partial charge is 0.202 e. The molecule has 214 valence electrons. The monoisotopic (exact) mass is 604 g/mol. The minimum Gasteiger partial charge on any atom is -0.202 e. The van der Waals surface area contributed by atoms with Gasteiger partial charge in [-0.05, 0) is 78.1 Å². The van der Waals surface area contributed by atoms with Crippen molar-refractivity contribution in [3.63, 3.8) is 0 Å². The van der Waals surface area contributed by atoms with E-state index in [-0.39, 0.29) is 14.7 Å². The molecule has 0 N–H and O–H groups in total. The number of alkyl halides is 9. The highest BCUT2D eigenvalue weighted by molar-refractivity contribution is 8.33. The van der Waals surface area contributed by atoms with Gasteiger partial charge in [0.15, 0.2) is 0 Å². The summed E-state index contributed by atoms with van der Waals surface area (Å²) < 4.78 is 155. The zero-order valence-electron chi connectivity index (χ0n) is 20.4. The second-order valence-corrected chi connectivity index (χ2v) is 13.0. The van der Waals surface area contributed by atoms with Gasteiger partial charge in [0.25, 0.3) is 0 Å². The summed E-state index contributed by atoms with van der Waals surface area (Å²) in [4.78, 5) is -0.339. The van der Waals surface area contributed by atoms with Gasteiger partial charge in [-0.15, -0.1) is 0 Å². The highest BCUT2D eigenvalue weighted by Gasteiger charge is 2.86. The number of aryl methyl sites for hydroxylation is 1. The third-order valence-corrected chi connectivity index (χ3v) is 11.4. The first-order valence-corrected chi connectivity index (χ1v) is 13.9. The van der Waals surface area contributed by atoms with Crippen LogP contribution < -0.4 is 0 Å². The first-order chi connectivity index (χ1) is 17.8. The standard InChI is InChI=1S/C25H21F9O3S2/c1-16-14-15-21(18(3)17(16)2)38(19-10-6-4-7-11-19,20-12-8-5-9-13-20)37-39(35,36)25(33,34)23(28,29)22(26,27)24(30,31)32/h4-15H,1-3H3. The lowest BCUT2D eigenvalue weighted by Gasteiger charge is -2.42. The van der Waals surface area contributed by atoms with Crippen LogP contribution in [0.3, 0.4) is 0 Å². The average molecular weight is 605 g/mol. The summed E-state index contributed by atoms with van der Waals surface area (Å²) in [7, 11) is -11.2. The Hall–Kier alpha value is -2.71. The summed E-state index contributed by atoms with van der Waals surface area (Å²) in [6.45, 7) is 4.76. The van der Waals surface area contributed by atoms with Crippen LogP contribution in [-0.2, 0) is 13.7 Å². The van der Waals surface area contributed by atoms with Crippen molar-refractivity contribution in [1.82, 2.24) is 0 Å². The van der Waals surface area contributed by atoms with E-state index in [9.17, 15) is 47.9 Å². The second kappa shape index (κ2) is 10.0. The lowest BCUT2D eigenvalue weighted by atomic mass is 10.1. The van der Waals surface area contributed by atoms with Gasteiger partial charge in [0.05, 0.1) is 0 Å². The molecule has 0 fully saturated rings. The molecular weight excluding hydrogens is 583 g/mol. The van der Waals surface area contributed by atoms with Crippen molar-refractivity contribution in [2.24, 2.45) is 0 Å². The molecule has 0 aliphatic carbocycles. The maximum absolute atomic E-state index is 14.9. The predicted octanol–water partition coefficient (Wildman–Crippen LogP) is 8.58. The van der Waals surface area contributed by atoms with Gasteiger partial charge in [-0.1, -0.05) is 42.5 Å². The number of hydrogen-bond acceptors (Lipinski definition) is 3. The molecule has 0 saturated carbocycles. The summed E-state index contributed by atoms with van der Waals surface area (Å²) in [5.74, 6) is -14.9. The Labute approximate surface area is 220 Å². The molecule has 0 spiro atoms. The fourth-order valence-electron chi connectivity index (χ4n) is 3.67. The van der Waals surface area contributed by atoms with E-state index in [4.69, 9.17) is 3.63 Å². The zero-order chi connectivity index (χ0) is 29.7. The summed E-state index contributed by atoms with van der Waals surface area (Å²) in [5.41, 5.74) is 1.51. The fraction of sp³-hybridized carbons (Fsp3) is 0.280. The van der Waals surface area contributed by atoms with E-state index in [2.05, 4.69) is 0 Å². The van der Waals surface area contributed by atoms with Gasteiger partial charge in [0.2, 0.25) is 0 Å². The minimum atomic E-state index is -7.44. The van der Waals surface area contributed by atoms with Gasteiger partial charge in [-0.25, -0.2) is 3.63 Å². The van der Waals surface area contributed by atoms with Crippen LogP contribution in [-0.4, -0.2) is 31.7 Å². The lowest BCUT2D eigenvalue weighted by molar-refractivity contribution is -0.382. The molecule has 0 aromatic heterocycles. The molecule has 3 rings (SSSR count). The molecule has 39 heavy (non-hydrogen) atoms. The van der Waals surface area contributed by atoms with Gasteiger partial charge in [0.1, 0.15) is 0 Å². The first-order valence-electron chi connectivity index (χ1n) is 10.9. The molecule has 3 aromatic rings. The molecule has 0 aliphatic heterocycles. The van der Waals surface area contributed by atoms with E-state index < -0.39 is 43.7 Å². The van der Waals surface area contributed by atoms with Gasteiger partial charge >= 0.3 is 33.4 Å². The Morgan fingerprint density at radius 2 is 1.03 bits per heavy atom. The molecule has 0 saturated heterocycles. The molecule has 0 atom stereocenters. The first kappa shape index (κ1) is 30.8. The van der Waals surface area contributed by atoms with E-state index in [1.54, 1.807) is 13.8 Å². The van der Waals surface area contributed by atoms with E-state index in [1.807, 2.05) is 0 Å². The van der Waals surface area contributed by atoms with E-state index in [1.165, 1.54) is 79.7 Å². The number of halogens is 9. The Balaban J connectivity index is 2.43. The van der Waals surface area contributed by atoms with Crippen molar-refractivity contribution in [3.05, 3.63) is 89.5 Å². The van der Waals surface area contributed by atoms with Crippen LogP contribution >= 0.6 is 10.3 Å². The van der Waals surface area contributed by atoms with Gasteiger partial charge in [-0.3, -0.25) is 0 Å². The Kier molecular flexibility index (Phi) is 7.94. The third kappa shape index (κ3) is 4.80. The highest BCUT2D eigenvalue weighted by atomic mass is 32.3. The molecule has 0 amide bonds. The average Bonchev–Trinajstić information content (AvgIpc) is 2.86. The molecule has 3 nitrogen and oxygen atoms in total. The van der Waals surface area contributed by atoms with Crippen molar-refractivity contribution in [1.29, 1.82) is 0 Å². The molecule has 0 unspecified atom stereocenters. The SMILES string of the molecule is Cc1ccc(S(OS(=O)(=O)C(F)(F)C(F)(F)C(F)(F)C(F)(F)F)(c2ccccc2)c2ccccc2)c(C)c1C. The molecule has 0 heterocycles. The largest absolute Gasteiger partial charge is 0.460 e. The van der Waals surface area contributed by atoms with Crippen LogP contribution in [0.15, 0.2) is 87.5 Å². The van der Waals surface area contributed by atoms with Crippen LogP contribution in [0.5, 0.6) is 0 Å².